The van der Waals surface area contributed by atoms with Gasteiger partial charge in [-0.2, -0.15) is 0 Å². The molecule has 1 saturated carbocycles. The molecule has 1 aliphatic rings. The van der Waals surface area contributed by atoms with E-state index in [-0.39, 0.29) is 11.5 Å². The van der Waals surface area contributed by atoms with Gasteiger partial charge < -0.3 is 19.5 Å². The van der Waals surface area contributed by atoms with Gasteiger partial charge in [0.25, 0.3) is 5.91 Å². The fourth-order valence-corrected chi connectivity index (χ4v) is 3.87. The molecule has 0 bridgehead atoms. The summed E-state index contributed by atoms with van der Waals surface area (Å²) in [5.74, 6) is 0.978. The molecule has 0 spiro atoms. The molecule has 0 heterocycles. The summed E-state index contributed by atoms with van der Waals surface area (Å²) in [6, 6.07) is 5.32. The lowest BCUT2D eigenvalue weighted by Crippen LogP contribution is -2.48. The Morgan fingerprint density at radius 3 is 2.75 bits per heavy atom. The van der Waals surface area contributed by atoms with Crippen LogP contribution in [-0.2, 0) is 14.3 Å². The maximum Gasteiger partial charge on any atom is 0.256 e. The molecule has 1 aromatic rings. The summed E-state index contributed by atoms with van der Waals surface area (Å²) in [6.45, 7) is 9.15. The Hall–Kier alpha value is -1.30. The standard InChI is InChI=1S/C22H34ClNO4/c1-6-28-22(11-7-8-16(2)15-22)20(25)24-17-9-10-19(18(23)14-17)27-13-12-21(3,4)26-5/h9-10,14,16H,6-8,11-13,15H2,1-5H3,(H,24,25)/t16-,22+/m0/s1. The number of carbonyl (C=O) groups excluding carboxylic acids is 1. The summed E-state index contributed by atoms with van der Waals surface area (Å²) in [6.07, 6.45) is 4.38. The Bertz CT molecular complexity index is 660. The highest BCUT2D eigenvalue weighted by Crippen LogP contribution is 2.37. The van der Waals surface area contributed by atoms with Crippen molar-refractivity contribution in [3.63, 3.8) is 0 Å². The van der Waals surface area contributed by atoms with E-state index in [1.807, 2.05) is 26.8 Å². The first-order valence-electron chi connectivity index (χ1n) is 10.1. The highest BCUT2D eigenvalue weighted by Gasteiger charge is 2.42. The number of halogens is 1. The van der Waals surface area contributed by atoms with Gasteiger partial charge in [-0.05, 0) is 64.2 Å². The highest BCUT2D eigenvalue weighted by atomic mass is 35.5. The maximum absolute atomic E-state index is 13.0. The zero-order valence-electron chi connectivity index (χ0n) is 17.8. The quantitative estimate of drug-likeness (QED) is 0.586. The first-order chi connectivity index (χ1) is 13.2. The van der Waals surface area contributed by atoms with Crippen molar-refractivity contribution >= 4 is 23.2 Å². The Labute approximate surface area is 174 Å². The number of hydrogen-bond donors (Lipinski definition) is 1. The third kappa shape index (κ3) is 6.10. The summed E-state index contributed by atoms with van der Waals surface area (Å²) in [5, 5.41) is 3.46. The van der Waals surface area contributed by atoms with E-state index in [1.54, 1.807) is 19.2 Å². The molecule has 2 rings (SSSR count). The van der Waals surface area contributed by atoms with Gasteiger partial charge in [0.05, 0.1) is 17.2 Å². The molecule has 0 radical (unpaired) electrons. The summed E-state index contributed by atoms with van der Waals surface area (Å²) in [5.41, 5.74) is -0.345. The average molecular weight is 412 g/mol. The smallest absolute Gasteiger partial charge is 0.256 e. The number of anilines is 1. The van der Waals surface area contributed by atoms with Crippen molar-refractivity contribution < 1.29 is 19.0 Å². The SMILES string of the molecule is CCO[C@]1(C(=O)Nc2ccc(OCCC(C)(C)OC)c(Cl)c2)CCC[C@H](C)C1. The van der Waals surface area contributed by atoms with Crippen LogP contribution in [0.1, 0.15) is 59.8 Å². The van der Waals surface area contributed by atoms with E-state index in [4.69, 9.17) is 25.8 Å². The zero-order chi connectivity index (χ0) is 20.8. The van der Waals surface area contributed by atoms with Crippen LogP contribution in [0.25, 0.3) is 0 Å². The summed E-state index contributed by atoms with van der Waals surface area (Å²) < 4.78 is 17.1. The van der Waals surface area contributed by atoms with Crippen LogP contribution in [0.5, 0.6) is 5.75 Å². The lowest BCUT2D eigenvalue weighted by Gasteiger charge is -2.38. The van der Waals surface area contributed by atoms with Crippen LogP contribution in [-0.4, -0.2) is 37.4 Å². The summed E-state index contributed by atoms with van der Waals surface area (Å²) in [4.78, 5) is 13.0. The normalized spacial score (nSPS) is 22.7. The fourth-order valence-electron chi connectivity index (χ4n) is 3.63. The van der Waals surface area contributed by atoms with Crippen LogP contribution in [0.15, 0.2) is 18.2 Å². The largest absolute Gasteiger partial charge is 0.492 e. The fraction of sp³-hybridized carbons (Fsp3) is 0.682. The molecule has 5 nitrogen and oxygen atoms in total. The molecule has 0 unspecified atom stereocenters. The van der Waals surface area contributed by atoms with Gasteiger partial charge in [0.15, 0.2) is 0 Å². The van der Waals surface area contributed by atoms with E-state index in [9.17, 15) is 4.79 Å². The van der Waals surface area contributed by atoms with Crippen LogP contribution in [0, 0.1) is 5.92 Å². The van der Waals surface area contributed by atoms with E-state index in [0.717, 1.165) is 32.1 Å². The Morgan fingerprint density at radius 2 is 2.14 bits per heavy atom. The summed E-state index contributed by atoms with van der Waals surface area (Å²) in [7, 11) is 1.69. The van der Waals surface area contributed by atoms with Crippen LogP contribution < -0.4 is 10.1 Å². The number of carbonyl (C=O) groups is 1. The zero-order valence-corrected chi connectivity index (χ0v) is 18.5. The molecule has 1 amide bonds. The predicted molar refractivity (Wildman–Crippen MR) is 113 cm³/mol. The minimum atomic E-state index is -0.750. The lowest BCUT2D eigenvalue weighted by molar-refractivity contribution is -0.147. The third-order valence-electron chi connectivity index (χ3n) is 5.49. The van der Waals surface area contributed by atoms with Gasteiger partial charge in [-0.15, -0.1) is 0 Å². The number of amides is 1. The first kappa shape index (κ1) is 23.0. The molecule has 0 aliphatic heterocycles. The van der Waals surface area contributed by atoms with Gasteiger partial charge in [-0.3, -0.25) is 4.79 Å². The molecule has 1 aromatic carbocycles. The van der Waals surface area contributed by atoms with Crippen molar-refractivity contribution in [1.82, 2.24) is 0 Å². The predicted octanol–water partition coefficient (Wildman–Crippen LogP) is 5.46. The van der Waals surface area contributed by atoms with Crippen molar-refractivity contribution in [2.45, 2.75) is 71.0 Å². The van der Waals surface area contributed by atoms with E-state index in [0.29, 0.717) is 35.6 Å². The van der Waals surface area contributed by atoms with E-state index in [2.05, 4.69) is 12.2 Å². The second-order valence-electron chi connectivity index (χ2n) is 8.29. The molecule has 158 valence electrons. The van der Waals surface area contributed by atoms with Crippen LogP contribution in [0.3, 0.4) is 0 Å². The number of nitrogens with one attached hydrogen (secondary N) is 1. The Balaban J connectivity index is 2.01. The van der Waals surface area contributed by atoms with Crippen molar-refractivity contribution in [2.75, 3.05) is 25.6 Å². The minimum Gasteiger partial charge on any atom is -0.492 e. The Morgan fingerprint density at radius 1 is 1.39 bits per heavy atom. The molecular formula is C22H34ClNO4. The van der Waals surface area contributed by atoms with Gasteiger partial charge in [0.1, 0.15) is 11.4 Å². The number of benzene rings is 1. The Kier molecular flexibility index (Phi) is 8.17. The monoisotopic (exact) mass is 411 g/mol. The topological polar surface area (TPSA) is 56.8 Å². The van der Waals surface area contributed by atoms with Crippen LogP contribution >= 0.6 is 11.6 Å². The lowest BCUT2D eigenvalue weighted by atomic mass is 9.78. The molecule has 2 atom stereocenters. The van der Waals surface area contributed by atoms with Crippen LogP contribution in [0.4, 0.5) is 5.69 Å². The number of hydrogen-bond acceptors (Lipinski definition) is 4. The van der Waals surface area contributed by atoms with Gasteiger partial charge in [-0.1, -0.05) is 24.9 Å². The van der Waals surface area contributed by atoms with Crippen molar-refractivity contribution in [3.05, 3.63) is 23.2 Å². The highest BCUT2D eigenvalue weighted by molar-refractivity contribution is 6.32. The van der Waals surface area contributed by atoms with Crippen molar-refractivity contribution in [3.8, 4) is 5.75 Å². The number of methoxy groups -OCH3 is 1. The molecular weight excluding hydrogens is 378 g/mol. The molecule has 28 heavy (non-hydrogen) atoms. The van der Waals surface area contributed by atoms with E-state index in [1.165, 1.54) is 0 Å². The maximum atomic E-state index is 13.0. The van der Waals surface area contributed by atoms with Gasteiger partial charge in [0, 0.05) is 25.8 Å². The van der Waals surface area contributed by atoms with Gasteiger partial charge in [-0.25, -0.2) is 0 Å². The second-order valence-corrected chi connectivity index (χ2v) is 8.70. The van der Waals surface area contributed by atoms with Gasteiger partial charge in [0.2, 0.25) is 0 Å². The molecule has 6 heteroatoms. The minimum absolute atomic E-state index is 0.0903. The van der Waals surface area contributed by atoms with Crippen LogP contribution in [0.2, 0.25) is 5.02 Å². The molecule has 1 fully saturated rings. The molecule has 1 N–H and O–H groups in total. The van der Waals surface area contributed by atoms with Gasteiger partial charge >= 0.3 is 0 Å². The van der Waals surface area contributed by atoms with E-state index >= 15 is 0 Å². The first-order valence-corrected chi connectivity index (χ1v) is 10.5. The summed E-state index contributed by atoms with van der Waals surface area (Å²) >= 11 is 6.36. The molecule has 0 saturated heterocycles. The molecule has 0 aromatic heterocycles. The second kappa shape index (κ2) is 9.95. The number of rotatable bonds is 9. The average Bonchev–Trinajstić information content (AvgIpc) is 2.63. The van der Waals surface area contributed by atoms with Crippen molar-refractivity contribution in [1.29, 1.82) is 0 Å². The number of ether oxygens (including phenoxy) is 3. The van der Waals surface area contributed by atoms with Crippen molar-refractivity contribution in [2.24, 2.45) is 5.92 Å². The van der Waals surface area contributed by atoms with E-state index < -0.39 is 5.60 Å². The third-order valence-corrected chi connectivity index (χ3v) is 5.79. The molecule has 1 aliphatic carbocycles.